The molecule has 4 atom stereocenters. The number of carboxylic acids is 1. The number of carbonyl (C=O) groups excluding carboxylic acids is 1. The van der Waals surface area contributed by atoms with E-state index in [9.17, 15) is 9.59 Å². The quantitative estimate of drug-likeness (QED) is 0.278. The Morgan fingerprint density at radius 2 is 1.40 bits per heavy atom. The molecule has 9 heteroatoms. The van der Waals surface area contributed by atoms with Crippen LogP contribution in [-0.2, 0) is 9.59 Å². The molecule has 0 fully saturated rings. The Bertz CT molecular complexity index is 248. The summed E-state index contributed by atoms with van der Waals surface area (Å²) in [5.74, 6) is -3.04. The zero-order chi connectivity index (χ0) is 12.2. The van der Waals surface area contributed by atoms with Gasteiger partial charge < -0.3 is 25.5 Å². The van der Waals surface area contributed by atoms with Gasteiger partial charge in [0.05, 0.1) is 0 Å². The van der Waals surface area contributed by atoms with Gasteiger partial charge in [-0.05, 0) is 0 Å². The Morgan fingerprint density at radius 1 is 1.00 bits per heavy atom. The SMILES string of the molecule is O=C(NCl)[C@@H](O)[C@H](O)[C@@H](O)[C@@H](O)C(=O)O. The van der Waals surface area contributed by atoms with Gasteiger partial charge in [0.1, 0.15) is 12.2 Å². The molecule has 6 N–H and O–H groups in total. The number of aliphatic carboxylic acids is 1. The fourth-order valence-electron chi connectivity index (χ4n) is 0.731. The molecular weight excluding hydrogens is 234 g/mol. The fraction of sp³-hybridized carbons (Fsp3) is 0.667. The van der Waals surface area contributed by atoms with E-state index in [1.54, 1.807) is 0 Å². The molecule has 0 spiro atoms. The summed E-state index contributed by atoms with van der Waals surface area (Å²) in [4.78, 5) is 22.3. The summed E-state index contributed by atoms with van der Waals surface area (Å²) >= 11 is 4.81. The lowest BCUT2D eigenvalue weighted by Crippen LogP contribution is -2.51. The van der Waals surface area contributed by atoms with Crippen LogP contribution in [0.1, 0.15) is 0 Å². The number of rotatable bonds is 5. The molecule has 1 amide bonds. The van der Waals surface area contributed by atoms with Gasteiger partial charge in [-0.15, -0.1) is 0 Å². The standard InChI is InChI=1S/C6H10ClNO7/c7-8-5(13)3(11)1(9)2(10)4(12)6(14)15/h1-4,9-12H,(H,8,13)(H,14,15)/t1-,2-,3+,4-/m1/s1. The maximum absolute atomic E-state index is 10.7. The second kappa shape index (κ2) is 5.83. The highest BCUT2D eigenvalue weighted by molar-refractivity contribution is 6.22. The number of carbonyl (C=O) groups is 2. The molecule has 0 aliphatic carbocycles. The summed E-state index contributed by atoms with van der Waals surface area (Å²) in [5.41, 5.74) is 0. The molecule has 0 rings (SSSR count). The first-order valence-corrected chi connectivity index (χ1v) is 4.06. The lowest BCUT2D eigenvalue weighted by Gasteiger charge is -2.22. The highest BCUT2D eigenvalue weighted by Gasteiger charge is 2.37. The van der Waals surface area contributed by atoms with Crippen LogP contribution in [0.5, 0.6) is 0 Å². The highest BCUT2D eigenvalue weighted by atomic mass is 35.5. The van der Waals surface area contributed by atoms with Gasteiger partial charge in [-0.3, -0.25) is 9.63 Å². The third-order valence-corrected chi connectivity index (χ3v) is 1.80. The van der Waals surface area contributed by atoms with Gasteiger partial charge in [-0.1, -0.05) is 0 Å². The summed E-state index contributed by atoms with van der Waals surface area (Å²) in [5, 5.41) is 44.1. The fourth-order valence-corrected chi connectivity index (χ4v) is 0.842. The Balaban J connectivity index is 4.49. The van der Waals surface area contributed by atoms with Crippen molar-refractivity contribution in [2.24, 2.45) is 0 Å². The van der Waals surface area contributed by atoms with Gasteiger partial charge >= 0.3 is 5.97 Å². The monoisotopic (exact) mass is 243 g/mol. The average molecular weight is 244 g/mol. The van der Waals surface area contributed by atoms with Crippen molar-refractivity contribution in [1.82, 2.24) is 4.84 Å². The Kier molecular flexibility index (Phi) is 5.47. The minimum atomic E-state index is -2.32. The Labute approximate surface area is 88.8 Å². The highest BCUT2D eigenvalue weighted by Crippen LogP contribution is 2.06. The van der Waals surface area contributed by atoms with Crippen LogP contribution in [0.2, 0.25) is 0 Å². The summed E-state index contributed by atoms with van der Waals surface area (Å²) in [6, 6.07) is 0. The van der Waals surface area contributed by atoms with Gasteiger partial charge in [0.15, 0.2) is 12.2 Å². The third kappa shape index (κ3) is 3.61. The minimum Gasteiger partial charge on any atom is -0.479 e. The van der Waals surface area contributed by atoms with Crippen molar-refractivity contribution in [2.45, 2.75) is 24.4 Å². The minimum absolute atomic E-state index is 1.24. The van der Waals surface area contributed by atoms with Gasteiger partial charge in [0, 0.05) is 11.8 Å². The normalized spacial score (nSPS) is 18.7. The predicted molar refractivity (Wildman–Crippen MR) is 45.7 cm³/mol. The molecule has 0 unspecified atom stereocenters. The van der Waals surface area contributed by atoms with Crippen LogP contribution in [-0.4, -0.2) is 61.8 Å². The maximum atomic E-state index is 10.7. The van der Waals surface area contributed by atoms with Crippen LogP contribution in [0.3, 0.4) is 0 Å². The summed E-state index contributed by atoms with van der Waals surface area (Å²) < 4.78 is 0. The summed E-state index contributed by atoms with van der Waals surface area (Å²) in [7, 11) is 0. The van der Waals surface area contributed by atoms with Crippen molar-refractivity contribution >= 4 is 23.7 Å². The van der Waals surface area contributed by atoms with E-state index in [2.05, 4.69) is 0 Å². The van der Waals surface area contributed by atoms with Crippen molar-refractivity contribution in [3.8, 4) is 0 Å². The van der Waals surface area contributed by atoms with Crippen LogP contribution in [0.4, 0.5) is 0 Å². The molecule has 0 bridgehead atoms. The van der Waals surface area contributed by atoms with E-state index in [4.69, 9.17) is 37.3 Å². The predicted octanol–water partition coefficient (Wildman–Crippen LogP) is -3.22. The number of carboxylic acid groups (broad SMARTS) is 1. The molecule has 0 aromatic carbocycles. The van der Waals surface area contributed by atoms with E-state index in [1.165, 1.54) is 4.84 Å². The van der Waals surface area contributed by atoms with Crippen molar-refractivity contribution in [3.63, 3.8) is 0 Å². The Hall–Kier alpha value is -0.930. The number of hydrogen-bond acceptors (Lipinski definition) is 6. The van der Waals surface area contributed by atoms with Crippen molar-refractivity contribution in [3.05, 3.63) is 0 Å². The number of aliphatic hydroxyl groups is 4. The average Bonchev–Trinajstić information content (AvgIpc) is 2.23. The van der Waals surface area contributed by atoms with Crippen LogP contribution in [0, 0.1) is 0 Å². The van der Waals surface area contributed by atoms with Crippen molar-refractivity contribution in [2.75, 3.05) is 0 Å². The van der Waals surface area contributed by atoms with Crippen LogP contribution in [0.15, 0.2) is 0 Å². The first kappa shape index (κ1) is 14.1. The van der Waals surface area contributed by atoms with Gasteiger partial charge in [-0.2, -0.15) is 0 Å². The van der Waals surface area contributed by atoms with E-state index >= 15 is 0 Å². The largest absolute Gasteiger partial charge is 0.479 e. The molecule has 0 aromatic heterocycles. The molecule has 0 aromatic rings. The number of halogens is 1. The molecule has 0 saturated heterocycles. The number of hydrogen-bond donors (Lipinski definition) is 6. The zero-order valence-corrected chi connectivity index (χ0v) is 8.00. The molecule has 15 heavy (non-hydrogen) atoms. The van der Waals surface area contributed by atoms with Gasteiger partial charge in [0.2, 0.25) is 0 Å². The first-order valence-electron chi connectivity index (χ1n) is 3.68. The van der Waals surface area contributed by atoms with Crippen LogP contribution < -0.4 is 4.84 Å². The second-order valence-corrected chi connectivity index (χ2v) is 2.86. The van der Waals surface area contributed by atoms with Gasteiger partial charge in [0.25, 0.3) is 5.91 Å². The molecular formula is C6H10ClNO7. The summed E-state index contributed by atoms with van der Waals surface area (Å²) in [6.07, 6.45) is -8.86. The van der Waals surface area contributed by atoms with Crippen molar-refractivity contribution < 1.29 is 35.1 Å². The molecule has 0 radical (unpaired) electrons. The third-order valence-electron chi connectivity index (χ3n) is 1.61. The topological polar surface area (TPSA) is 147 Å². The second-order valence-electron chi connectivity index (χ2n) is 2.67. The lowest BCUT2D eigenvalue weighted by molar-refractivity contribution is -0.166. The Morgan fingerprint density at radius 3 is 1.73 bits per heavy atom. The van der Waals surface area contributed by atoms with Crippen molar-refractivity contribution in [1.29, 1.82) is 0 Å². The molecule has 88 valence electrons. The molecule has 0 heterocycles. The molecule has 0 aliphatic heterocycles. The lowest BCUT2D eigenvalue weighted by atomic mass is 10.0. The number of nitrogens with one attached hydrogen (secondary N) is 1. The first-order chi connectivity index (χ1) is 6.82. The molecule has 0 saturated carbocycles. The van der Waals surface area contributed by atoms with E-state index in [-0.39, 0.29) is 0 Å². The molecule has 8 nitrogen and oxygen atoms in total. The van der Waals surface area contributed by atoms with Crippen LogP contribution >= 0.6 is 11.8 Å². The van der Waals surface area contributed by atoms with E-state index in [0.717, 1.165) is 0 Å². The number of amides is 1. The van der Waals surface area contributed by atoms with Gasteiger partial charge in [-0.25, -0.2) is 4.79 Å². The molecule has 0 aliphatic rings. The van der Waals surface area contributed by atoms with Crippen LogP contribution in [0.25, 0.3) is 0 Å². The smallest absolute Gasteiger partial charge is 0.335 e. The van der Waals surface area contributed by atoms with E-state index in [1.807, 2.05) is 0 Å². The van der Waals surface area contributed by atoms with E-state index in [0.29, 0.717) is 0 Å². The maximum Gasteiger partial charge on any atom is 0.335 e. The summed E-state index contributed by atoms with van der Waals surface area (Å²) in [6.45, 7) is 0. The number of aliphatic hydroxyl groups excluding tert-OH is 4. The zero-order valence-electron chi connectivity index (χ0n) is 7.24. The van der Waals surface area contributed by atoms with E-state index < -0.39 is 36.3 Å².